The molecule has 1 aliphatic heterocycles. The van der Waals surface area contributed by atoms with Gasteiger partial charge < -0.3 is 20.3 Å². The molecular weight excluding hydrogens is 380 g/mol. The molecule has 3 rings (SSSR count). The van der Waals surface area contributed by atoms with E-state index in [9.17, 15) is 4.79 Å². The highest BCUT2D eigenvalue weighted by atomic mass is 16.5. The number of likely N-dealkylation sites (tertiary alicyclic amines) is 1. The number of nitrogens with zero attached hydrogens (tertiary/aromatic N) is 4. The number of piperidine rings is 1. The van der Waals surface area contributed by atoms with E-state index in [-0.39, 0.29) is 12.5 Å². The van der Waals surface area contributed by atoms with Gasteiger partial charge in [-0.25, -0.2) is 4.99 Å². The lowest BCUT2D eigenvalue weighted by Crippen LogP contribution is -2.47. The fourth-order valence-corrected chi connectivity index (χ4v) is 3.55. The molecule has 2 aromatic rings. The summed E-state index contributed by atoms with van der Waals surface area (Å²) < 4.78 is 7.35. The zero-order chi connectivity index (χ0) is 21.2. The molecule has 2 N–H and O–H groups in total. The van der Waals surface area contributed by atoms with Crippen LogP contribution in [0.1, 0.15) is 32.3 Å². The Morgan fingerprint density at radius 3 is 2.80 bits per heavy atom. The maximum atomic E-state index is 12.2. The Morgan fingerprint density at radius 2 is 2.10 bits per heavy atom. The minimum atomic E-state index is -0.107. The number of nitrogens with one attached hydrogen (secondary N) is 2. The maximum Gasteiger partial charge on any atom is 0.246 e. The van der Waals surface area contributed by atoms with Gasteiger partial charge in [-0.3, -0.25) is 9.48 Å². The summed E-state index contributed by atoms with van der Waals surface area (Å²) in [5.41, 5.74) is 1.81. The van der Waals surface area contributed by atoms with Crippen LogP contribution in [0.4, 0.5) is 5.69 Å². The molecule has 0 unspecified atom stereocenters. The Kier molecular flexibility index (Phi) is 8.26. The second-order valence-corrected chi connectivity index (χ2v) is 7.26. The van der Waals surface area contributed by atoms with Gasteiger partial charge in [0, 0.05) is 44.3 Å². The molecule has 1 fully saturated rings. The summed E-state index contributed by atoms with van der Waals surface area (Å²) in [7, 11) is 0. The van der Waals surface area contributed by atoms with Crippen LogP contribution in [0.25, 0.3) is 0 Å². The number of hydrogen-bond donors (Lipinski definition) is 2. The van der Waals surface area contributed by atoms with Crippen LogP contribution in [0.15, 0.2) is 47.7 Å². The number of hydrogen-bond acceptors (Lipinski definition) is 4. The summed E-state index contributed by atoms with van der Waals surface area (Å²) in [6.45, 7) is 8.36. The van der Waals surface area contributed by atoms with Crippen LogP contribution < -0.4 is 10.6 Å². The molecule has 0 spiro atoms. The summed E-state index contributed by atoms with van der Waals surface area (Å²) in [6.07, 6.45) is 5.83. The van der Waals surface area contributed by atoms with Crippen molar-refractivity contribution in [2.75, 3.05) is 31.6 Å². The zero-order valence-corrected chi connectivity index (χ0v) is 17.9. The Balaban J connectivity index is 1.57. The van der Waals surface area contributed by atoms with Crippen molar-refractivity contribution in [1.82, 2.24) is 20.0 Å². The third-order valence-corrected chi connectivity index (χ3v) is 4.97. The number of aliphatic imine (C=N–C) groups is 1. The summed E-state index contributed by atoms with van der Waals surface area (Å²) in [5.74, 6) is 0.824. The van der Waals surface area contributed by atoms with Gasteiger partial charge in [0.2, 0.25) is 5.91 Å². The lowest BCUT2D eigenvalue weighted by Gasteiger charge is -2.34. The largest absolute Gasteiger partial charge is 0.378 e. The quantitative estimate of drug-likeness (QED) is 0.514. The van der Waals surface area contributed by atoms with Crippen LogP contribution in [0.2, 0.25) is 0 Å². The van der Waals surface area contributed by atoms with Crippen molar-refractivity contribution in [2.45, 2.75) is 45.9 Å². The second kappa shape index (κ2) is 11.3. The molecule has 0 bridgehead atoms. The van der Waals surface area contributed by atoms with Crippen molar-refractivity contribution in [1.29, 1.82) is 0 Å². The Bertz CT molecular complexity index is 813. The molecule has 1 aliphatic rings. The highest BCUT2D eigenvalue weighted by Gasteiger charge is 2.21. The normalized spacial score (nSPS) is 15.3. The summed E-state index contributed by atoms with van der Waals surface area (Å²) >= 11 is 0. The Labute approximate surface area is 178 Å². The SMILES string of the molecule is CCNC(=NCc1cccc(NC(=O)Cn2cccn2)c1)N1CCC(OCC)CC1. The number of benzene rings is 1. The minimum Gasteiger partial charge on any atom is -0.378 e. The summed E-state index contributed by atoms with van der Waals surface area (Å²) in [5, 5.41) is 10.4. The van der Waals surface area contributed by atoms with Crippen LogP contribution in [0, 0.1) is 0 Å². The first-order chi connectivity index (χ1) is 14.7. The van der Waals surface area contributed by atoms with Gasteiger partial charge in [-0.15, -0.1) is 0 Å². The van der Waals surface area contributed by atoms with E-state index in [0.717, 1.165) is 56.3 Å². The van der Waals surface area contributed by atoms with Crippen molar-refractivity contribution in [2.24, 2.45) is 4.99 Å². The predicted molar refractivity (Wildman–Crippen MR) is 118 cm³/mol. The number of amides is 1. The molecule has 1 amide bonds. The van der Waals surface area contributed by atoms with Gasteiger partial charge in [-0.1, -0.05) is 12.1 Å². The molecule has 2 heterocycles. The predicted octanol–water partition coefficient (Wildman–Crippen LogP) is 2.49. The van der Waals surface area contributed by atoms with Gasteiger partial charge in [0.1, 0.15) is 6.54 Å². The highest BCUT2D eigenvalue weighted by Crippen LogP contribution is 2.15. The smallest absolute Gasteiger partial charge is 0.246 e. The van der Waals surface area contributed by atoms with E-state index in [0.29, 0.717) is 12.6 Å². The number of aromatic nitrogens is 2. The van der Waals surface area contributed by atoms with E-state index in [1.165, 1.54) is 0 Å². The molecular formula is C22H32N6O2. The number of carbonyl (C=O) groups excluding carboxylic acids is 1. The number of ether oxygens (including phenoxy) is 1. The Hall–Kier alpha value is -2.87. The number of carbonyl (C=O) groups is 1. The average molecular weight is 413 g/mol. The summed E-state index contributed by atoms with van der Waals surface area (Å²) in [6, 6.07) is 9.62. The second-order valence-electron chi connectivity index (χ2n) is 7.26. The van der Waals surface area contributed by atoms with E-state index in [1.54, 1.807) is 23.1 Å². The van der Waals surface area contributed by atoms with Crippen molar-refractivity contribution in [3.63, 3.8) is 0 Å². The Morgan fingerprint density at radius 1 is 1.27 bits per heavy atom. The van der Waals surface area contributed by atoms with Crippen molar-refractivity contribution < 1.29 is 9.53 Å². The maximum absolute atomic E-state index is 12.2. The molecule has 8 heteroatoms. The number of rotatable bonds is 8. The van der Waals surface area contributed by atoms with E-state index in [2.05, 4.69) is 27.6 Å². The zero-order valence-electron chi connectivity index (χ0n) is 17.9. The van der Waals surface area contributed by atoms with Crippen molar-refractivity contribution >= 4 is 17.6 Å². The van der Waals surface area contributed by atoms with Gasteiger partial charge in [-0.2, -0.15) is 5.10 Å². The lowest BCUT2D eigenvalue weighted by atomic mass is 10.1. The fourth-order valence-electron chi connectivity index (χ4n) is 3.55. The van der Waals surface area contributed by atoms with E-state index in [4.69, 9.17) is 9.73 Å². The van der Waals surface area contributed by atoms with Crippen LogP contribution in [0.5, 0.6) is 0 Å². The molecule has 1 aromatic carbocycles. The van der Waals surface area contributed by atoms with Gasteiger partial charge in [0.05, 0.1) is 12.6 Å². The van der Waals surface area contributed by atoms with Crippen LogP contribution in [-0.2, 0) is 22.6 Å². The first kappa shape index (κ1) is 21.8. The van der Waals surface area contributed by atoms with Crippen LogP contribution >= 0.6 is 0 Å². The summed E-state index contributed by atoms with van der Waals surface area (Å²) in [4.78, 5) is 19.3. The van der Waals surface area contributed by atoms with Crippen LogP contribution in [-0.4, -0.2) is 58.9 Å². The molecule has 0 saturated carbocycles. The van der Waals surface area contributed by atoms with E-state index < -0.39 is 0 Å². The number of guanidine groups is 1. The van der Waals surface area contributed by atoms with Gasteiger partial charge in [-0.05, 0) is 50.5 Å². The van der Waals surface area contributed by atoms with Crippen LogP contribution in [0.3, 0.4) is 0 Å². The molecule has 1 aromatic heterocycles. The van der Waals surface area contributed by atoms with E-state index in [1.807, 2.05) is 31.2 Å². The monoisotopic (exact) mass is 412 g/mol. The fraction of sp³-hybridized carbons (Fsp3) is 0.500. The van der Waals surface area contributed by atoms with Gasteiger partial charge >= 0.3 is 0 Å². The molecule has 1 saturated heterocycles. The standard InChI is InChI=1S/C22H32N6O2/c1-3-23-22(27-13-9-20(10-14-27)30-4-2)24-16-18-7-5-8-19(15-18)26-21(29)17-28-12-6-11-25-28/h5-8,11-12,15,20H,3-4,9-10,13-14,16-17H2,1-2H3,(H,23,24)(H,26,29). The average Bonchev–Trinajstić information content (AvgIpc) is 3.25. The molecule has 30 heavy (non-hydrogen) atoms. The van der Waals surface area contributed by atoms with Gasteiger partial charge in [0.25, 0.3) is 0 Å². The van der Waals surface area contributed by atoms with Crippen molar-refractivity contribution in [3.8, 4) is 0 Å². The third kappa shape index (κ3) is 6.59. The van der Waals surface area contributed by atoms with Crippen molar-refractivity contribution in [3.05, 3.63) is 48.3 Å². The molecule has 8 nitrogen and oxygen atoms in total. The molecule has 0 radical (unpaired) electrons. The number of anilines is 1. The highest BCUT2D eigenvalue weighted by molar-refractivity contribution is 5.90. The molecule has 0 aliphatic carbocycles. The third-order valence-electron chi connectivity index (χ3n) is 4.97. The molecule has 162 valence electrons. The first-order valence-corrected chi connectivity index (χ1v) is 10.7. The van der Waals surface area contributed by atoms with E-state index >= 15 is 0 Å². The first-order valence-electron chi connectivity index (χ1n) is 10.7. The molecule has 0 atom stereocenters. The van der Waals surface area contributed by atoms with Gasteiger partial charge in [0.15, 0.2) is 5.96 Å². The minimum absolute atomic E-state index is 0.107. The topological polar surface area (TPSA) is 83.8 Å². The lowest BCUT2D eigenvalue weighted by molar-refractivity contribution is -0.116.